The van der Waals surface area contributed by atoms with E-state index in [1.807, 2.05) is 0 Å². The Bertz CT molecular complexity index is 611. The van der Waals surface area contributed by atoms with Crippen LogP contribution < -0.4 is 11.1 Å². The zero-order chi connectivity index (χ0) is 17.6. The van der Waals surface area contributed by atoms with Crippen molar-refractivity contribution in [3.8, 4) is 0 Å². The molecule has 2 heterocycles. The summed E-state index contributed by atoms with van der Waals surface area (Å²) in [6, 6.07) is 2.66. The van der Waals surface area contributed by atoms with E-state index in [1.165, 1.54) is 25.7 Å². The van der Waals surface area contributed by atoms with Crippen LogP contribution in [-0.4, -0.2) is 46.7 Å². The number of aliphatic imine (C=N–C) groups is 1. The van der Waals surface area contributed by atoms with Crippen molar-refractivity contribution in [2.75, 3.05) is 20.1 Å². The number of halogens is 1. The third kappa shape index (κ3) is 5.59. The van der Waals surface area contributed by atoms with Gasteiger partial charge in [0.15, 0.2) is 5.96 Å². The second-order valence-electron chi connectivity index (χ2n) is 7.25. The van der Waals surface area contributed by atoms with E-state index in [2.05, 4.69) is 32.2 Å². The number of guanidine groups is 1. The molecule has 1 aromatic heterocycles. The molecule has 1 unspecified atom stereocenters. The summed E-state index contributed by atoms with van der Waals surface area (Å²) in [5.41, 5.74) is 6.39. The fourth-order valence-corrected chi connectivity index (χ4v) is 4.05. The van der Waals surface area contributed by atoms with Crippen molar-refractivity contribution in [2.45, 2.75) is 57.5 Å². The van der Waals surface area contributed by atoms with Gasteiger partial charge in [0, 0.05) is 32.8 Å². The lowest BCUT2D eigenvalue weighted by atomic mass is 9.95. The normalized spacial score (nSPS) is 21.5. The number of aromatic nitrogens is 2. The number of hydrogen-bond donors (Lipinski definition) is 2. The maximum Gasteiger partial charge on any atom is 0.217 e. The van der Waals surface area contributed by atoms with E-state index in [-0.39, 0.29) is 29.9 Å². The van der Waals surface area contributed by atoms with Gasteiger partial charge in [0.25, 0.3) is 0 Å². The highest BCUT2D eigenvalue weighted by molar-refractivity contribution is 14.0. The molecule has 0 bridgehead atoms. The molecule has 1 saturated heterocycles. The van der Waals surface area contributed by atoms with Crippen molar-refractivity contribution in [3.63, 3.8) is 0 Å². The number of piperidine rings is 1. The monoisotopic (exact) mass is 474 g/mol. The Labute approximate surface area is 172 Å². The molecule has 2 aliphatic rings. The summed E-state index contributed by atoms with van der Waals surface area (Å²) in [6.45, 7) is 2.47. The lowest BCUT2D eigenvalue weighted by Gasteiger charge is -2.34. The number of carbonyl (C=O) groups is 1. The Balaban J connectivity index is 0.00000243. The minimum absolute atomic E-state index is 0. The molecule has 0 aromatic carbocycles. The van der Waals surface area contributed by atoms with Gasteiger partial charge >= 0.3 is 0 Å². The van der Waals surface area contributed by atoms with Crippen LogP contribution in [0.1, 0.15) is 56.7 Å². The molecule has 1 atom stereocenters. The maximum absolute atomic E-state index is 11.2. The summed E-state index contributed by atoms with van der Waals surface area (Å²) in [5, 5.41) is 8.13. The van der Waals surface area contributed by atoms with Gasteiger partial charge in [-0.3, -0.25) is 14.5 Å². The van der Waals surface area contributed by atoms with Gasteiger partial charge in [-0.05, 0) is 37.7 Å². The van der Waals surface area contributed by atoms with Gasteiger partial charge in [-0.2, -0.15) is 5.10 Å². The highest BCUT2D eigenvalue weighted by Crippen LogP contribution is 2.28. The smallest absolute Gasteiger partial charge is 0.217 e. The lowest BCUT2D eigenvalue weighted by molar-refractivity contribution is -0.119. The first-order valence-electron chi connectivity index (χ1n) is 9.43. The minimum Gasteiger partial charge on any atom is -0.370 e. The molecule has 3 rings (SSSR count). The third-order valence-electron chi connectivity index (χ3n) is 5.31. The van der Waals surface area contributed by atoms with Gasteiger partial charge in [0.1, 0.15) is 0 Å². The Hall–Kier alpha value is -1.32. The zero-order valence-electron chi connectivity index (χ0n) is 15.6. The number of likely N-dealkylation sites (tertiary alicyclic amines) is 1. The van der Waals surface area contributed by atoms with Crippen LogP contribution in [0.4, 0.5) is 0 Å². The molecule has 1 aromatic rings. The summed E-state index contributed by atoms with van der Waals surface area (Å²) in [4.78, 5) is 17.8. The SMILES string of the molecule is CN=C(NCc1ccn(C2CCCC2)n1)N1CCCC(CC(N)=O)C1.I. The van der Waals surface area contributed by atoms with Crippen molar-refractivity contribution >= 4 is 35.8 Å². The van der Waals surface area contributed by atoms with Gasteiger partial charge in [0.05, 0.1) is 18.3 Å². The van der Waals surface area contributed by atoms with Crippen molar-refractivity contribution < 1.29 is 4.79 Å². The average molecular weight is 474 g/mol. The van der Waals surface area contributed by atoms with E-state index in [1.54, 1.807) is 7.05 Å². The Morgan fingerprint density at radius 2 is 2.12 bits per heavy atom. The summed E-state index contributed by atoms with van der Waals surface area (Å²) in [6.07, 6.45) is 9.78. The van der Waals surface area contributed by atoms with E-state index in [0.717, 1.165) is 37.6 Å². The van der Waals surface area contributed by atoms with E-state index in [4.69, 9.17) is 10.8 Å². The summed E-state index contributed by atoms with van der Waals surface area (Å²) in [7, 11) is 1.80. The van der Waals surface area contributed by atoms with Gasteiger partial charge in [-0.15, -0.1) is 24.0 Å². The highest BCUT2D eigenvalue weighted by atomic mass is 127. The van der Waals surface area contributed by atoms with Crippen LogP contribution in [-0.2, 0) is 11.3 Å². The first kappa shape index (κ1) is 21.0. The second kappa shape index (κ2) is 10.1. The van der Waals surface area contributed by atoms with Gasteiger partial charge < -0.3 is 16.0 Å². The largest absolute Gasteiger partial charge is 0.370 e. The van der Waals surface area contributed by atoms with Gasteiger partial charge in [-0.25, -0.2) is 0 Å². The predicted molar refractivity (Wildman–Crippen MR) is 113 cm³/mol. The summed E-state index contributed by atoms with van der Waals surface area (Å²) >= 11 is 0. The van der Waals surface area contributed by atoms with Crippen LogP contribution in [0.3, 0.4) is 0 Å². The Morgan fingerprint density at radius 3 is 2.81 bits per heavy atom. The quantitative estimate of drug-likeness (QED) is 0.390. The number of hydrogen-bond acceptors (Lipinski definition) is 3. The number of nitrogens with one attached hydrogen (secondary N) is 1. The Kier molecular flexibility index (Phi) is 8.17. The molecule has 1 amide bonds. The lowest BCUT2D eigenvalue weighted by Crippen LogP contribution is -2.47. The van der Waals surface area contributed by atoms with Crippen LogP contribution >= 0.6 is 24.0 Å². The first-order valence-corrected chi connectivity index (χ1v) is 9.43. The molecule has 1 saturated carbocycles. The summed E-state index contributed by atoms with van der Waals surface area (Å²) in [5.74, 6) is 0.989. The molecule has 2 fully saturated rings. The third-order valence-corrected chi connectivity index (χ3v) is 5.31. The standard InChI is InChI=1S/C18H30N6O.HI/c1-20-18(23-9-4-5-14(13-23)11-17(19)25)21-12-15-8-10-24(22-15)16-6-2-3-7-16;/h8,10,14,16H,2-7,9,11-13H2,1H3,(H2,19,25)(H,20,21);1H. The van der Waals surface area contributed by atoms with Crippen molar-refractivity contribution in [3.05, 3.63) is 18.0 Å². The van der Waals surface area contributed by atoms with Gasteiger partial charge in [-0.1, -0.05) is 12.8 Å². The second-order valence-corrected chi connectivity index (χ2v) is 7.25. The van der Waals surface area contributed by atoms with Crippen LogP contribution in [0, 0.1) is 5.92 Å². The zero-order valence-corrected chi connectivity index (χ0v) is 17.9. The number of carbonyl (C=O) groups excluding carboxylic acids is 1. The van der Waals surface area contributed by atoms with E-state index < -0.39 is 0 Å². The molecule has 3 N–H and O–H groups in total. The molecule has 146 valence electrons. The maximum atomic E-state index is 11.2. The number of primary amides is 1. The summed E-state index contributed by atoms with van der Waals surface area (Å²) < 4.78 is 2.12. The van der Waals surface area contributed by atoms with E-state index >= 15 is 0 Å². The molecule has 1 aliphatic carbocycles. The highest BCUT2D eigenvalue weighted by Gasteiger charge is 2.23. The van der Waals surface area contributed by atoms with Crippen molar-refractivity contribution in [2.24, 2.45) is 16.6 Å². The fourth-order valence-electron chi connectivity index (χ4n) is 4.05. The van der Waals surface area contributed by atoms with E-state index in [9.17, 15) is 4.79 Å². The molecule has 26 heavy (non-hydrogen) atoms. The predicted octanol–water partition coefficient (Wildman–Crippen LogP) is 2.28. The van der Waals surface area contributed by atoms with Crippen LogP contribution in [0.2, 0.25) is 0 Å². The number of nitrogens with two attached hydrogens (primary N) is 1. The van der Waals surface area contributed by atoms with E-state index in [0.29, 0.717) is 24.9 Å². The van der Waals surface area contributed by atoms with Crippen molar-refractivity contribution in [1.82, 2.24) is 20.0 Å². The fraction of sp³-hybridized carbons (Fsp3) is 0.722. The number of amides is 1. The average Bonchev–Trinajstić information content (AvgIpc) is 3.26. The topological polar surface area (TPSA) is 88.5 Å². The molecular formula is C18H31IN6O. The molecule has 1 aliphatic heterocycles. The Morgan fingerprint density at radius 1 is 1.35 bits per heavy atom. The van der Waals surface area contributed by atoms with Crippen molar-refractivity contribution in [1.29, 1.82) is 0 Å². The van der Waals surface area contributed by atoms with Crippen LogP contribution in [0.15, 0.2) is 17.3 Å². The molecule has 7 nitrogen and oxygen atoms in total. The minimum atomic E-state index is -0.216. The van der Waals surface area contributed by atoms with Gasteiger partial charge in [0.2, 0.25) is 5.91 Å². The van der Waals surface area contributed by atoms with Crippen LogP contribution in [0.25, 0.3) is 0 Å². The molecule has 0 spiro atoms. The molecular weight excluding hydrogens is 443 g/mol. The molecule has 0 radical (unpaired) electrons. The molecule has 8 heteroatoms. The first-order chi connectivity index (χ1) is 12.2. The number of nitrogens with zero attached hydrogens (tertiary/aromatic N) is 4. The number of rotatable bonds is 5. The van der Waals surface area contributed by atoms with Crippen LogP contribution in [0.5, 0.6) is 0 Å².